The lowest BCUT2D eigenvalue weighted by molar-refractivity contribution is -0.131. The van der Waals surface area contributed by atoms with E-state index in [4.69, 9.17) is 14.8 Å². The number of carbonyl (C=O) groups is 1. The number of unbranched alkanes of at least 4 members (excludes halogenated alkanes) is 15. The second-order valence-electron chi connectivity index (χ2n) is 13.5. The molecule has 0 spiro atoms. The van der Waals surface area contributed by atoms with Crippen molar-refractivity contribution in [3.05, 3.63) is 0 Å². The average molecular weight is 651 g/mol. The number of nitrogens with one attached hydrogen (secondary N) is 1. The third-order valence-corrected chi connectivity index (χ3v) is 9.16. The number of rotatable bonds is 32. The van der Waals surface area contributed by atoms with E-state index in [0.717, 1.165) is 50.4 Å². The number of hydrogen-bond donors (Lipinski definition) is 5. The maximum atomic E-state index is 12.7. The summed E-state index contributed by atoms with van der Waals surface area (Å²) in [6, 6.07) is -0.944. The summed E-state index contributed by atoms with van der Waals surface area (Å²) in [5.74, 6) is 0.952. The number of hydrogen-bond acceptors (Lipinski definition) is 7. The Balaban J connectivity index is 4.44. The molecule has 0 saturated carbocycles. The Labute approximate surface area is 270 Å². The Morgan fingerprint density at radius 3 is 1.45 bits per heavy atom. The van der Waals surface area contributed by atoms with Crippen LogP contribution >= 0.6 is 7.82 Å². The molecule has 4 atom stereocenters. The van der Waals surface area contributed by atoms with Gasteiger partial charge in [-0.2, -0.15) is 0 Å². The standard InChI is InChI=1S/C34H71N2O7P/c1-29(2)22-18-14-10-6-5-7-12-16-20-24-32(37)31(28-43-44(40,41)42-27-26-35)36-34(39)33(38)25-21-17-13-9-8-11-15-19-23-30(3)4/h29-33,37-38H,5-28,35H2,1-4H3,(H,36,39)(H,40,41). The molecule has 0 fully saturated rings. The van der Waals surface area contributed by atoms with Gasteiger partial charge in [-0.3, -0.25) is 13.8 Å². The number of aliphatic hydroxyl groups is 2. The minimum Gasteiger partial charge on any atom is -0.391 e. The van der Waals surface area contributed by atoms with E-state index in [9.17, 15) is 24.5 Å². The second-order valence-corrected chi connectivity index (χ2v) is 15.0. The summed E-state index contributed by atoms with van der Waals surface area (Å²) in [4.78, 5) is 22.6. The highest BCUT2D eigenvalue weighted by molar-refractivity contribution is 7.47. The van der Waals surface area contributed by atoms with Gasteiger partial charge in [-0.15, -0.1) is 0 Å². The Hall–Kier alpha value is -0.540. The van der Waals surface area contributed by atoms with Gasteiger partial charge in [0.15, 0.2) is 0 Å². The van der Waals surface area contributed by atoms with Gasteiger partial charge in [0.25, 0.3) is 0 Å². The Morgan fingerprint density at radius 1 is 0.659 bits per heavy atom. The lowest BCUT2D eigenvalue weighted by Gasteiger charge is -2.26. The molecule has 4 unspecified atom stereocenters. The number of phosphoric ester groups is 1. The number of nitrogens with two attached hydrogens (primary N) is 1. The van der Waals surface area contributed by atoms with Crippen LogP contribution in [0.2, 0.25) is 0 Å². The van der Waals surface area contributed by atoms with Crippen LogP contribution < -0.4 is 11.1 Å². The van der Waals surface area contributed by atoms with Gasteiger partial charge < -0.3 is 26.2 Å². The second kappa shape index (κ2) is 28.7. The third kappa shape index (κ3) is 27.7. The summed E-state index contributed by atoms with van der Waals surface area (Å²) in [5, 5.41) is 23.9. The van der Waals surface area contributed by atoms with Crippen LogP contribution in [0.15, 0.2) is 0 Å². The number of phosphoric acid groups is 1. The van der Waals surface area contributed by atoms with Crippen molar-refractivity contribution in [3.63, 3.8) is 0 Å². The molecule has 0 heterocycles. The van der Waals surface area contributed by atoms with Crippen molar-refractivity contribution in [2.75, 3.05) is 19.8 Å². The van der Waals surface area contributed by atoms with Gasteiger partial charge in [0.1, 0.15) is 6.10 Å². The smallest absolute Gasteiger partial charge is 0.391 e. The molecule has 0 aromatic heterocycles. The van der Waals surface area contributed by atoms with Crippen LogP contribution in [0.5, 0.6) is 0 Å². The van der Waals surface area contributed by atoms with Crippen LogP contribution in [-0.4, -0.2) is 59.0 Å². The van der Waals surface area contributed by atoms with Crippen molar-refractivity contribution < 1.29 is 33.5 Å². The van der Waals surface area contributed by atoms with Crippen LogP contribution in [0.25, 0.3) is 0 Å². The molecule has 0 aliphatic carbocycles. The first kappa shape index (κ1) is 43.5. The maximum absolute atomic E-state index is 12.7. The average Bonchev–Trinajstić information content (AvgIpc) is 2.97. The summed E-state index contributed by atoms with van der Waals surface area (Å²) in [6.45, 7) is 8.56. The lowest BCUT2D eigenvalue weighted by Crippen LogP contribution is -2.49. The zero-order valence-corrected chi connectivity index (χ0v) is 29.8. The normalized spacial score (nSPS) is 15.4. The van der Waals surface area contributed by atoms with Crippen LogP contribution in [-0.2, 0) is 18.4 Å². The van der Waals surface area contributed by atoms with E-state index >= 15 is 0 Å². The fourth-order valence-corrected chi connectivity index (χ4v) is 6.09. The first-order valence-corrected chi connectivity index (χ1v) is 19.5. The quantitative estimate of drug-likeness (QED) is 0.0366. The highest BCUT2D eigenvalue weighted by Gasteiger charge is 2.29. The van der Waals surface area contributed by atoms with Crippen LogP contribution in [0.3, 0.4) is 0 Å². The summed E-state index contributed by atoms with van der Waals surface area (Å²) < 4.78 is 22.0. The van der Waals surface area contributed by atoms with Crippen molar-refractivity contribution in [2.45, 2.75) is 181 Å². The molecule has 10 heteroatoms. The molecule has 0 bridgehead atoms. The first-order chi connectivity index (χ1) is 21.0. The summed E-state index contributed by atoms with van der Waals surface area (Å²) >= 11 is 0. The summed E-state index contributed by atoms with van der Waals surface area (Å²) in [5.41, 5.74) is 5.34. The molecular weight excluding hydrogens is 579 g/mol. The highest BCUT2D eigenvalue weighted by Crippen LogP contribution is 2.43. The van der Waals surface area contributed by atoms with Crippen molar-refractivity contribution in [1.82, 2.24) is 5.32 Å². The Bertz CT molecular complexity index is 711. The third-order valence-electron chi connectivity index (χ3n) is 8.17. The maximum Gasteiger partial charge on any atom is 0.472 e. The van der Waals surface area contributed by atoms with Gasteiger partial charge >= 0.3 is 7.82 Å². The van der Waals surface area contributed by atoms with E-state index < -0.39 is 38.6 Å². The SMILES string of the molecule is CC(C)CCCCCCCCCCCC(O)C(COP(=O)(O)OCCN)NC(=O)C(O)CCCCCCCCCCC(C)C. The molecule has 264 valence electrons. The number of carbonyl (C=O) groups excluding carboxylic acids is 1. The molecular formula is C34H71N2O7P. The molecule has 0 aliphatic heterocycles. The van der Waals surface area contributed by atoms with Gasteiger partial charge in [0.2, 0.25) is 5.91 Å². The largest absolute Gasteiger partial charge is 0.472 e. The lowest BCUT2D eigenvalue weighted by atomic mass is 10.0. The van der Waals surface area contributed by atoms with Gasteiger partial charge in [-0.25, -0.2) is 4.57 Å². The zero-order chi connectivity index (χ0) is 33.1. The van der Waals surface area contributed by atoms with Gasteiger partial charge in [-0.1, -0.05) is 150 Å². The van der Waals surface area contributed by atoms with Gasteiger partial charge in [-0.05, 0) is 24.7 Å². The van der Waals surface area contributed by atoms with E-state index in [1.165, 1.54) is 83.5 Å². The molecule has 0 rings (SSSR count). The summed E-state index contributed by atoms with van der Waals surface area (Å²) in [7, 11) is -4.38. The van der Waals surface area contributed by atoms with Gasteiger partial charge in [0.05, 0.1) is 25.4 Å². The van der Waals surface area contributed by atoms with E-state index in [1.54, 1.807) is 0 Å². The van der Waals surface area contributed by atoms with Crippen molar-refractivity contribution in [1.29, 1.82) is 0 Å². The molecule has 0 saturated heterocycles. The zero-order valence-electron chi connectivity index (χ0n) is 28.9. The van der Waals surface area contributed by atoms with Gasteiger partial charge in [0, 0.05) is 6.54 Å². The van der Waals surface area contributed by atoms with Crippen molar-refractivity contribution in [2.24, 2.45) is 17.6 Å². The molecule has 6 N–H and O–H groups in total. The van der Waals surface area contributed by atoms with Crippen LogP contribution in [0.4, 0.5) is 0 Å². The van der Waals surface area contributed by atoms with Crippen molar-refractivity contribution >= 4 is 13.7 Å². The van der Waals surface area contributed by atoms with E-state index in [0.29, 0.717) is 12.8 Å². The Kier molecular flexibility index (Phi) is 28.3. The first-order valence-electron chi connectivity index (χ1n) is 18.0. The summed E-state index contributed by atoms with van der Waals surface area (Å²) in [6.07, 6.45) is 20.6. The number of amides is 1. The molecule has 9 nitrogen and oxygen atoms in total. The predicted molar refractivity (Wildman–Crippen MR) is 181 cm³/mol. The van der Waals surface area contributed by atoms with E-state index in [2.05, 4.69) is 33.0 Å². The molecule has 1 amide bonds. The minimum absolute atomic E-state index is 0.0549. The molecule has 44 heavy (non-hydrogen) atoms. The van der Waals surface area contributed by atoms with E-state index in [1.807, 2.05) is 0 Å². The highest BCUT2D eigenvalue weighted by atomic mass is 31.2. The topological polar surface area (TPSA) is 151 Å². The van der Waals surface area contributed by atoms with E-state index in [-0.39, 0.29) is 13.2 Å². The van der Waals surface area contributed by atoms with Crippen molar-refractivity contribution in [3.8, 4) is 0 Å². The fraction of sp³-hybridized carbons (Fsp3) is 0.971. The fourth-order valence-electron chi connectivity index (χ4n) is 5.33. The van der Waals surface area contributed by atoms with Crippen LogP contribution in [0.1, 0.15) is 163 Å². The predicted octanol–water partition coefficient (Wildman–Crippen LogP) is 7.79. The minimum atomic E-state index is -4.38. The number of aliphatic hydroxyl groups excluding tert-OH is 2. The molecule has 0 radical (unpaired) electrons. The molecule has 0 aromatic rings. The molecule has 0 aromatic carbocycles. The monoisotopic (exact) mass is 650 g/mol. The molecule has 0 aliphatic rings. The van der Waals surface area contributed by atoms with Crippen LogP contribution in [0, 0.1) is 11.8 Å². The Morgan fingerprint density at radius 2 is 1.05 bits per heavy atom.